The maximum atomic E-state index is 12.8. The number of hydrogen-bond donors (Lipinski definition) is 1. The van der Waals surface area contributed by atoms with Crippen LogP contribution in [0.2, 0.25) is 5.02 Å². The Hall–Kier alpha value is -2.25. The Kier molecular flexibility index (Phi) is 6.73. The number of carbonyl (C=O) groups is 1. The van der Waals surface area contributed by atoms with E-state index in [1.807, 2.05) is 31.2 Å². The lowest BCUT2D eigenvalue weighted by molar-refractivity contribution is 0.0935. The monoisotopic (exact) mass is 410 g/mol. The average molecular weight is 411 g/mol. The first-order valence-electron chi connectivity index (χ1n) is 8.35. The quantitative estimate of drug-likeness (QED) is 0.756. The van der Waals surface area contributed by atoms with Gasteiger partial charge >= 0.3 is 0 Å². The maximum absolute atomic E-state index is 12.8. The predicted molar refractivity (Wildman–Crippen MR) is 108 cm³/mol. The summed E-state index contributed by atoms with van der Waals surface area (Å²) in [6, 6.07) is 11.8. The smallest absolute Gasteiger partial charge is 0.253 e. The number of rotatable bonds is 7. The second kappa shape index (κ2) is 8.63. The van der Waals surface area contributed by atoms with Crippen LogP contribution in [0.15, 0.2) is 42.5 Å². The molecule has 0 aromatic heterocycles. The van der Waals surface area contributed by atoms with Gasteiger partial charge in [0.15, 0.2) is 0 Å². The van der Waals surface area contributed by atoms with Crippen molar-refractivity contribution in [3.8, 4) is 5.75 Å². The van der Waals surface area contributed by atoms with Crippen molar-refractivity contribution in [3.63, 3.8) is 0 Å². The Labute approximate surface area is 165 Å². The van der Waals surface area contributed by atoms with E-state index in [1.165, 1.54) is 19.2 Å². The molecule has 2 rings (SSSR count). The third-order valence-corrected chi connectivity index (χ3v) is 5.82. The molecule has 2 aromatic rings. The van der Waals surface area contributed by atoms with Crippen molar-refractivity contribution in [2.24, 2.45) is 0 Å². The highest BCUT2D eigenvalue weighted by atomic mass is 35.5. The summed E-state index contributed by atoms with van der Waals surface area (Å²) in [7, 11) is -0.425. The van der Waals surface area contributed by atoms with E-state index in [4.69, 9.17) is 16.3 Å². The van der Waals surface area contributed by atoms with Gasteiger partial charge in [-0.15, -0.1) is 0 Å². The van der Waals surface area contributed by atoms with Gasteiger partial charge in [0, 0.05) is 7.05 Å². The Bertz CT molecular complexity index is 914. The first-order valence-corrected chi connectivity index (χ1v) is 10.6. The zero-order valence-corrected chi connectivity index (χ0v) is 17.3. The topological polar surface area (TPSA) is 75.7 Å². The molecule has 27 heavy (non-hydrogen) atoms. The molecule has 1 N–H and O–H groups in total. The Morgan fingerprint density at radius 2 is 1.85 bits per heavy atom. The minimum atomic E-state index is -3.44. The van der Waals surface area contributed by atoms with Crippen LogP contribution in [0, 0.1) is 0 Å². The van der Waals surface area contributed by atoms with Crippen LogP contribution in [0.1, 0.15) is 35.3 Å². The van der Waals surface area contributed by atoms with E-state index in [9.17, 15) is 13.2 Å². The summed E-state index contributed by atoms with van der Waals surface area (Å²) >= 11 is 6.18. The number of amides is 1. The summed E-state index contributed by atoms with van der Waals surface area (Å²) in [4.78, 5) is 12.8. The van der Waals surface area contributed by atoms with Gasteiger partial charge in [-0.3, -0.25) is 9.10 Å². The molecule has 6 nitrogen and oxygen atoms in total. The molecule has 1 atom stereocenters. The first-order chi connectivity index (χ1) is 12.7. The van der Waals surface area contributed by atoms with Gasteiger partial charge in [-0.2, -0.15) is 0 Å². The molecule has 0 saturated carbocycles. The maximum Gasteiger partial charge on any atom is 0.253 e. The fourth-order valence-corrected chi connectivity index (χ4v) is 3.27. The first kappa shape index (κ1) is 21.1. The summed E-state index contributed by atoms with van der Waals surface area (Å²) in [6.45, 7) is 1.96. The fraction of sp³-hybridized carbons (Fsp3) is 0.316. The predicted octanol–water partition coefficient (Wildman–Crippen LogP) is 3.63. The van der Waals surface area contributed by atoms with E-state index in [2.05, 4.69) is 5.32 Å². The number of methoxy groups -OCH3 is 1. The molecule has 0 heterocycles. The van der Waals surface area contributed by atoms with Crippen molar-refractivity contribution < 1.29 is 17.9 Å². The van der Waals surface area contributed by atoms with E-state index in [-0.39, 0.29) is 22.5 Å². The van der Waals surface area contributed by atoms with Crippen LogP contribution in [-0.4, -0.2) is 34.7 Å². The van der Waals surface area contributed by atoms with Crippen molar-refractivity contribution in [1.82, 2.24) is 5.32 Å². The van der Waals surface area contributed by atoms with E-state index in [0.717, 1.165) is 21.9 Å². The van der Waals surface area contributed by atoms with Gasteiger partial charge < -0.3 is 10.1 Å². The van der Waals surface area contributed by atoms with Gasteiger partial charge in [-0.1, -0.05) is 30.7 Å². The summed E-state index contributed by atoms with van der Waals surface area (Å²) in [5, 5.41) is 3.20. The van der Waals surface area contributed by atoms with Gasteiger partial charge in [0.05, 0.1) is 35.7 Å². The fourth-order valence-electron chi connectivity index (χ4n) is 2.57. The van der Waals surface area contributed by atoms with Crippen LogP contribution in [-0.2, 0) is 10.0 Å². The molecule has 0 saturated heterocycles. The van der Waals surface area contributed by atoms with Crippen molar-refractivity contribution in [1.29, 1.82) is 0 Å². The zero-order valence-electron chi connectivity index (χ0n) is 15.7. The van der Waals surface area contributed by atoms with E-state index >= 15 is 0 Å². The second-order valence-electron chi connectivity index (χ2n) is 6.10. The van der Waals surface area contributed by atoms with Crippen LogP contribution in [0.5, 0.6) is 5.75 Å². The normalized spacial score (nSPS) is 12.3. The summed E-state index contributed by atoms with van der Waals surface area (Å²) in [6.07, 6.45) is 1.77. The van der Waals surface area contributed by atoms with Gasteiger partial charge in [0.2, 0.25) is 10.0 Å². The molecule has 2 aromatic carbocycles. The minimum Gasteiger partial charge on any atom is -0.497 e. The number of nitrogens with one attached hydrogen (secondary N) is 1. The summed E-state index contributed by atoms with van der Waals surface area (Å²) in [5.74, 6) is 0.367. The molecule has 1 amide bonds. The number of anilines is 1. The largest absolute Gasteiger partial charge is 0.497 e. The van der Waals surface area contributed by atoms with Crippen molar-refractivity contribution >= 4 is 33.2 Å². The lowest BCUT2D eigenvalue weighted by atomic mass is 10.0. The second-order valence-corrected chi connectivity index (χ2v) is 8.52. The standard InChI is InChI=1S/C19H23ClN2O4S/c1-5-18(13-6-9-15(26-3)10-7-13)21-19(23)16-12-14(8-11-17(16)20)22(2)27(4,24)25/h6-12,18H,5H2,1-4H3,(H,21,23). The molecule has 1 unspecified atom stereocenters. The number of nitrogens with zero attached hydrogens (tertiary/aromatic N) is 1. The van der Waals surface area contributed by atoms with Crippen LogP contribution in [0.4, 0.5) is 5.69 Å². The number of halogens is 1. The Morgan fingerprint density at radius 1 is 1.22 bits per heavy atom. The van der Waals surface area contributed by atoms with E-state index < -0.39 is 10.0 Å². The molecule has 0 spiro atoms. The molecular weight excluding hydrogens is 388 g/mol. The van der Waals surface area contributed by atoms with Gasteiger partial charge in [-0.05, 0) is 42.3 Å². The van der Waals surface area contributed by atoms with Gasteiger partial charge in [0.1, 0.15) is 5.75 Å². The minimum absolute atomic E-state index is 0.212. The molecule has 0 aliphatic heterocycles. The lowest BCUT2D eigenvalue weighted by Gasteiger charge is -2.20. The average Bonchev–Trinajstić information content (AvgIpc) is 2.65. The summed E-state index contributed by atoms with van der Waals surface area (Å²) in [5.41, 5.74) is 1.52. The molecular formula is C19H23ClN2O4S. The van der Waals surface area contributed by atoms with Gasteiger partial charge in [0.25, 0.3) is 5.91 Å². The lowest BCUT2D eigenvalue weighted by Crippen LogP contribution is -2.29. The molecule has 0 fully saturated rings. The van der Waals surface area contributed by atoms with Crippen molar-refractivity contribution in [3.05, 3.63) is 58.6 Å². The molecule has 0 radical (unpaired) electrons. The number of hydrogen-bond acceptors (Lipinski definition) is 4. The van der Waals surface area contributed by atoms with E-state index in [0.29, 0.717) is 12.1 Å². The Morgan fingerprint density at radius 3 is 2.37 bits per heavy atom. The van der Waals surface area contributed by atoms with Crippen LogP contribution < -0.4 is 14.4 Å². The number of benzene rings is 2. The van der Waals surface area contributed by atoms with Crippen molar-refractivity contribution in [2.75, 3.05) is 24.7 Å². The molecule has 8 heteroatoms. The van der Waals surface area contributed by atoms with Gasteiger partial charge in [-0.25, -0.2) is 8.42 Å². The highest BCUT2D eigenvalue weighted by Crippen LogP contribution is 2.26. The molecule has 146 valence electrons. The van der Waals surface area contributed by atoms with Crippen LogP contribution in [0.3, 0.4) is 0 Å². The highest BCUT2D eigenvalue weighted by molar-refractivity contribution is 7.92. The molecule has 0 aliphatic carbocycles. The third-order valence-electron chi connectivity index (χ3n) is 4.29. The van der Waals surface area contributed by atoms with Crippen LogP contribution >= 0.6 is 11.6 Å². The van der Waals surface area contributed by atoms with Crippen LogP contribution in [0.25, 0.3) is 0 Å². The number of sulfonamides is 1. The van der Waals surface area contributed by atoms with Crippen molar-refractivity contribution in [2.45, 2.75) is 19.4 Å². The summed E-state index contributed by atoms with van der Waals surface area (Å²) < 4.78 is 29.7. The SMILES string of the molecule is CCC(NC(=O)c1cc(N(C)S(C)(=O)=O)ccc1Cl)c1ccc(OC)cc1. The highest BCUT2D eigenvalue weighted by Gasteiger charge is 2.19. The zero-order chi connectivity index (χ0) is 20.2. The Balaban J connectivity index is 2.27. The van der Waals surface area contributed by atoms with E-state index in [1.54, 1.807) is 13.2 Å². The third kappa shape index (κ3) is 5.14. The number of carbonyl (C=O) groups excluding carboxylic acids is 1. The molecule has 0 aliphatic rings. The number of ether oxygens (including phenoxy) is 1. The molecule has 0 bridgehead atoms.